The fraction of sp³-hybridized carbons (Fsp3) is 0. The number of nitrogens with zero attached hydrogens (tertiary/aromatic N) is 3. The van der Waals surface area contributed by atoms with Crippen LogP contribution in [0.5, 0.6) is 0 Å². The lowest BCUT2D eigenvalue weighted by molar-refractivity contribution is 1.07. The van der Waals surface area contributed by atoms with Crippen LogP contribution in [0, 0.1) is 0 Å². The van der Waals surface area contributed by atoms with E-state index in [0.29, 0.717) is 17.5 Å². The highest BCUT2D eigenvalue weighted by Gasteiger charge is 2.16. The highest BCUT2D eigenvalue weighted by molar-refractivity contribution is 6.05. The molecule has 3 nitrogen and oxygen atoms in total. The zero-order valence-electron chi connectivity index (χ0n) is 32.7. The molecule has 280 valence electrons. The van der Waals surface area contributed by atoms with Gasteiger partial charge in [0.2, 0.25) is 0 Å². The average Bonchev–Trinajstić information content (AvgIpc) is 3.33. The number of fused-ring (bicyclic) bond motifs is 3. The summed E-state index contributed by atoms with van der Waals surface area (Å²) in [5.41, 5.74) is 12.1. The molecule has 0 unspecified atom stereocenters. The highest BCUT2D eigenvalue weighted by Crippen LogP contribution is 2.38. The van der Waals surface area contributed by atoms with E-state index in [1.807, 2.05) is 0 Å². The average molecular weight is 764 g/mol. The quantitative estimate of drug-likeness (QED) is 0.162. The minimum absolute atomic E-state index is 0.621. The van der Waals surface area contributed by atoms with Gasteiger partial charge in [-0.15, -0.1) is 0 Å². The van der Waals surface area contributed by atoms with Crippen molar-refractivity contribution in [2.24, 2.45) is 0 Å². The molecule has 0 bridgehead atoms. The maximum atomic E-state index is 5.22. The van der Waals surface area contributed by atoms with Crippen LogP contribution >= 0.6 is 0 Å². The predicted molar refractivity (Wildman–Crippen MR) is 250 cm³/mol. The van der Waals surface area contributed by atoms with Gasteiger partial charge in [0, 0.05) is 16.7 Å². The standard InChI is InChI=1S/C57H37N3/c1-2-14-38(15-3-1)51-34-35-52(54-27-9-8-26-53(51)54)44-21-11-23-46(37-44)57-59-55(42-32-30-41(31-33-42)49-28-12-18-39-16-4-6-24-47(39)49)58-56(60-57)45-22-10-20-43(36-45)50-29-13-19-40-17-5-7-25-48(40)50/h1-37H. The van der Waals surface area contributed by atoms with E-state index in [1.54, 1.807) is 0 Å². The Kier molecular flexibility index (Phi) is 8.83. The summed E-state index contributed by atoms with van der Waals surface area (Å²) in [4.78, 5) is 15.6. The monoisotopic (exact) mass is 763 g/mol. The molecule has 0 aliphatic heterocycles. The molecule has 11 aromatic rings. The molecule has 0 amide bonds. The third kappa shape index (κ3) is 6.49. The molecule has 1 heterocycles. The molecule has 0 aliphatic carbocycles. The summed E-state index contributed by atoms with van der Waals surface area (Å²) in [5.74, 6) is 1.87. The van der Waals surface area contributed by atoms with E-state index in [1.165, 1.54) is 54.6 Å². The predicted octanol–water partition coefficient (Wildman–Crippen LogP) is 15.0. The summed E-state index contributed by atoms with van der Waals surface area (Å²) >= 11 is 0. The van der Waals surface area contributed by atoms with Gasteiger partial charge in [0.15, 0.2) is 17.5 Å². The SMILES string of the molecule is c1ccc(-c2ccc(-c3cccc(-c4nc(-c5ccc(-c6cccc7ccccc67)cc5)nc(-c5cccc(-c6cccc7ccccc67)c5)n4)c3)c3ccccc23)cc1. The summed E-state index contributed by atoms with van der Waals surface area (Å²) in [6.45, 7) is 0. The van der Waals surface area contributed by atoms with E-state index < -0.39 is 0 Å². The second-order valence-electron chi connectivity index (χ2n) is 15.2. The molecule has 0 atom stereocenters. The molecule has 0 aliphatic rings. The van der Waals surface area contributed by atoms with Gasteiger partial charge in [-0.2, -0.15) is 0 Å². The second kappa shape index (κ2) is 15.1. The molecular formula is C57H37N3. The zero-order valence-corrected chi connectivity index (χ0v) is 32.7. The number of aromatic nitrogens is 3. The summed E-state index contributed by atoms with van der Waals surface area (Å²) in [6, 6.07) is 79.5. The van der Waals surface area contributed by atoms with E-state index in [-0.39, 0.29) is 0 Å². The van der Waals surface area contributed by atoms with Gasteiger partial charge >= 0.3 is 0 Å². The fourth-order valence-electron chi connectivity index (χ4n) is 8.59. The van der Waals surface area contributed by atoms with Crippen LogP contribution < -0.4 is 0 Å². The van der Waals surface area contributed by atoms with E-state index in [4.69, 9.17) is 15.0 Å². The lowest BCUT2D eigenvalue weighted by Gasteiger charge is -2.14. The van der Waals surface area contributed by atoms with E-state index in [0.717, 1.165) is 38.9 Å². The Bertz CT molecular complexity index is 3360. The van der Waals surface area contributed by atoms with Crippen LogP contribution in [0.1, 0.15) is 0 Å². The Morgan fingerprint density at radius 1 is 0.200 bits per heavy atom. The molecule has 0 saturated heterocycles. The van der Waals surface area contributed by atoms with Gasteiger partial charge in [0.25, 0.3) is 0 Å². The van der Waals surface area contributed by atoms with Crippen LogP contribution in [-0.4, -0.2) is 15.0 Å². The van der Waals surface area contributed by atoms with Crippen LogP contribution in [0.15, 0.2) is 224 Å². The molecule has 0 spiro atoms. The second-order valence-corrected chi connectivity index (χ2v) is 15.2. The first-order chi connectivity index (χ1) is 29.7. The lowest BCUT2D eigenvalue weighted by Crippen LogP contribution is -2.00. The molecule has 1 aromatic heterocycles. The summed E-state index contributed by atoms with van der Waals surface area (Å²) in [5, 5.41) is 7.28. The molecule has 10 aromatic carbocycles. The van der Waals surface area contributed by atoms with Gasteiger partial charge in [0.05, 0.1) is 0 Å². The van der Waals surface area contributed by atoms with Crippen molar-refractivity contribution in [3.05, 3.63) is 224 Å². The van der Waals surface area contributed by atoms with Gasteiger partial charge in [-0.3, -0.25) is 0 Å². The topological polar surface area (TPSA) is 38.7 Å². The van der Waals surface area contributed by atoms with Crippen LogP contribution in [0.3, 0.4) is 0 Å². The van der Waals surface area contributed by atoms with Crippen LogP contribution in [0.4, 0.5) is 0 Å². The number of benzene rings is 10. The van der Waals surface area contributed by atoms with Crippen molar-refractivity contribution in [1.29, 1.82) is 0 Å². The maximum Gasteiger partial charge on any atom is 0.164 e. The molecule has 0 saturated carbocycles. The van der Waals surface area contributed by atoms with Crippen LogP contribution in [0.25, 0.3) is 111 Å². The summed E-state index contributed by atoms with van der Waals surface area (Å²) in [6.07, 6.45) is 0. The molecule has 11 rings (SSSR count). The fourth-order valence-corrected chi connectivity index (χ4v) is 8.59. The van der Waals surface area contributed by atoms with Gasteiger partial charge in [-0.05, 0) is 89.0 Å². The third-order valence-electron chi connectivity index (χ3n) is 11.5. The van der Waals surface area contributed by atoms with Gasteiger partial charge in [-0.1, -0.05) is 212 Å². The minimum atomic E-state index is 0.621. The van der Waals surface area contributed by atoms with Gasteiger partial charge in [-0.25, -0.2) is 15.0 Å². The lowest BCUT2D eigenvalue weighted by atomic mass is 9.91. The molecule has 0 radical (unpaired) electrons. The molecule has 60 heavy (non-hydrogen) atoms. The molecular weight excluding hydrogens is 727 g/mol. The third-order valence-corrected chi connectivity index (χ3v) is 11.5. The first-order valence-electron chi connectivity index (χ1n) is 20.3. The summed E-state index contributed by atoms with van der Waals surface area (Å²) < 4.78 is 0. The Balaban J connectivity index is 1.04. The van der Waals surface area contributed by atoms with E-state index >= 15 is 0 Å². The molecule has 0 N–H and O–H groups in total. The van der Waals surface area contributed by atoms with Crippen molar-refractivity contribution < 1.29 is 0 Å². The van der Waals surface area contributed by atoms with Gasteiger partial charge in [0.1, 0.15) is 0 Å². The van der Waals surface area contributed by atoms with Crippen molar-refractivity contribution in [3.63, 3.8) is 0 Å². The normalized spacial score (nSPS) is 11.3. The van der Waals surface area contributed by atoms with Gasteiger partial charge < -0.3 is 0 Å². The zero-order chi connectivity index (χ0) is 39.8. The van der Waals surface area contributed by atoms with Crippen molar-refractivity contribution in [2.75, 3.05) is 0 Å². The highest BCUT2D eigenvalue weighted by atomic mass is 15.0. The number of hydrogen-bond acceptors (Lipinski definition) is 3. The van der Waals surface area contributed by atoms with Crippen molar-refractivity contribution in [1.82, 2.24) is 15.0 Å². The Morgan fingerprint density at radius 2 is 0.533 bits per heavy atom. The Labute approximate surface area is 349 Å². The van der Waals surface area contributed by atoms with E-state index in [9.17, 15) is 0 Å². The van der Waals surface area contributed by atoms with Crippen molar-refractivity contribution in [3.8, 4) is 78.7 Å². The first-order valence-corrected chi connectivity index (χ1v) is 20.3. The maximum absolute atomic E-state index is 5.22. The summed E-state index contributed by atoms with van der Waals surface area (Å²) in [7, 11) is 0. The Hall–Kier alpha value is -8.01. The van der Waals surface area contributed by atoms with Crippen molar-refractivity contribution >= 4 is 32.3 Å². The van der Waals surface area contributed by atoms with E-state index in [2.05, 4.69) is 224 Å². The van der Waals surface area contributed by atoms with Crippen LogP contribution in [0.2, 0.25) is 0 Å². The molecule has 3 heteroatoms. The number of hydrogen-bond donors (Lipinski definition) is 0. The largest absolute Gasteiger partial charge is 0.208 e. The minimum Gasteiger partial charge on any atom is -0.208 e. The first kappa shape index (κ1) is 35.2. The number of rotatable bonds is 7. The Morgan fingerprint density at radius 3 is 1.08 bits per heavy atom. The van der Waals surface area contributed by atoms with Crippen molar-refractivity contribution in [2.45, 2.75) is 0 Å². The smallest absolute Gasteiger partial charge is 0.164 e. The van der Waals surface area contributed by atoms with Crippen LogP contribution in [-0.2, 0) is 0 Å². The molecule has 0 fully saturated rings.